The summed E-state index contributed by atoms with van der Waals surface area (Å²) in [5.41, 5.74) is 1.74. The highest BCUT2D eigenvalue weighted by Crippen LogP contribution is 2.49. The molecule has 0 N–H and O–H groups in total. The standard InChI is InChI=1S/C13H6Cl4/c14-8-5-4-6-2-1-3-7-9(6)10(8)12(16)13(17)11(7)15/h1-5,11H. The van der Waals surface area contributed by atoms with Crippen molar-refractivity contribution >= 4 is 62.2 Å². The van der Waals surface area contributed by atoms with Gasteiger partial charge in [-0.15, -0.1) is 11.6 Å². The average molecular weight is 304 g/mol. The first-order valence-electron chi connectivity index (χ1n) is 5.02. The summed E-state index contributed by atoms with van der Waals surface area (Å²) in [5.74, 6) is 0. The highest BCUT2D eigenvalue weighted by Gasteiger charge is 2.27. The Morgan fingerprint density at radius 1 is 0.941 bits per heavy atom. The van der Waals surface area contributed by atoms with Crippen LogP contribution in [0.15, 0.2) is 35.4 Å². The van der Waals surface area contributed by atoms with E-state index >= 15 is 0 Å². The fourth-order valence-corrected chi connectivity index (χ4v) is 3.34. The lowest BCUT2D eigenvalue weighted by atomic mass is 9.92. The van der Waals surface area contributed by atoms with Crippen LogP contribution in [-0.4, -0.2) is 0 Å². The molecule has 17 heavy (non-hydrogen) atoms. The minimum atomic E-state index is -0.404. The van der Waals surface area contributed by atoms with E-state index in [1.54, 1.807) is 0 Å². The molecule has 3 rings (SSSR count). The predicted octanol–water partition coefficient (Wildman–Crippen LogP) is 5.93. The summed E-state index contributed by atoms with van der Waals surface area (Å²) in [6.45, 7) is 0. The molecule has 2 aromatic carbocycles. The Kier molecular flexibility index (Phi) is 2.79. The van der Waals surface area contributed by atoms with Gasteiger partial charge in [-0.3, -0.25) is 0 Å². The van der Waals surface area contributed by atoms with E-state index in [2.05, 4.69) is 0 Å². The van der Waals surface area contributed by atoms with Gasteiger partial charge in [0.25, 0.3) is 0 Å². The third-order valence-corrected chi connectivity index (χ3v) is 4.73. The van der Waals surface area contributed by atoms with Crippen molar-refractivity contribution in [3.05, 3.63) is 51.5 Å². The van der Waals surface area contributed by atoms with Gasteiger partial charge in [0.05, 0.1) is 15.4 Å². The molecule has 1 aliphatic carbocycles. The Balaban J connectivity index is 2.56. The molecule has 1 atom stereocenters. The molecule has 0 amide bonds. The van der Waals surface area contributed by atoms with E-state index in [4.69, 9.17) is 46.4 Å². The fourth-order valence-electron chi connectivity index (χ4n) is 2.18. The molecule has 0 aromatic heterocycles. The quantitative estimate of drug-likeness (QED) is 0.529. The van der Waals surface area contributed by atoms with Crippen molar-refractivity contribution < 1.29 is 0 Å². The normalized spacial score (nSPS) is 18.9. The van der Waals surface area contributed by atoms with Crippen molar-refractivity contribution in [1.29, 1.82) is 0 Å². The van der Waals surface area contributed by atoms with Crippen molar-refractivity contribution in [2.45, 2.75) is 5.38 Å². The highest BCUT2D eigenvalue weighted by molar-refractivity contribution is 6.59. The monoisotopic (exact) mass is 302 g/mol. The minimum absolute atomic E-state index is 0.404. The molecule has 0 aliphatic heterocycles. The Bertz CT molecular complexity index is 658. The molecule has 0 saturated heterocycles. The largest absolute Gasteiger partial charge is 0.112 e. The lowest BCUT2D eigenvalue weighted by Gasteiger charge is -2.22. The first kappa shape index (κ1) is 11.7. The zero-order chi connectivity index (χ0) is 12.2. The maximum atomic E-state index is 6.29. The van der Waals surface area contributed by atoms with Crippen LogP contribution in [-0.2, 0) is 0 Å². The number of benzene rings is 2. The second kappa shape index (κ2) is 4.07. The van der Waals surface area contributed by atoms with E-state index in [0.717, 1.165) is 21.9 Å². The van der Waals surface area contributed by atoms with Gasteiger partial charge in [0, 0.05) is 10.6 Å². The van der Waals surface area contributed by atoms with E-state index in [1.165, 1.54) is 0 Å². The molecule has 0 fully saturated rings. The summed E-state index contributed by atoms with van der Waals surface area (Å²) in [4.78, 5) is 0. The molecular formula is C13H6Cl4. The van der Waals surface area contributed by atoms with Crippen LogP contribution in [0.3, 0.4) is 0 Å². The SMILES string of the molecule is ClC1=C(Cl)C(Cl)c2cccc3ccc(Cl)c1c23. The van der Waals surface area contributed by atoms with Gasteiger partial charge in [-0.25, -0.2) is 0 Å². The van der Waals surface area contributed by atoms with Crippen LogP contribution in [0.25, 0.3) is 15.8 Å². The van der Waals surface area contributed by atoms with Gasteiger partial charge >= 0.3 is 0 Å². The van der Waals surface area contributed by atoms with E-state index in [9.17, 15) is 0 Å². The van der Waals surface area contributed by atoms with E-state index in [0.29, 0.717) is 15.1 Å². The molecule has 0 heterocycles. The third-order valence-electron chi connectivity index (χ3n) is 2.95. The summed E-state index contributed by atoms with van der Waals surface area (Å²) in [5, 5.41) is 3.13. The number of allylic oxidation sites excluding steroid dienone is 1. The van der Waals surface area contributed by atoms with Crippen LogP contribution < -0.4 is 0 Å². The number of hydrogen-bond acceptors (Lipinski definition) is 0. The van der Waals surface area contributed by atoms with Gasteiger partial charge in [0.1, 0.15) is 0 Å². The predicted molar refractivity (Wildman–Crippen MR) is 76.2 cm³/mol. The molecular weight excluding hydrogens is 298 g/mol. The first-order valence-corrected chi connectivity index (χ1v) is 6.59. The Morgan fingerprint density at radius 2 is 1.71 bits per heavy atom. The minimum Gasteiger partial charge on any atom is -0.112 e. The van der Waals surface area contributed by atoms with E-state index in [1.807, 2.05) is 30.3 Å². The van der Waals surface area contributed by atoms with Gasteiger partial charge in [-0.2, -0.15) is 0 Å². The number of hydrogen-bond donors (Lipinski definition) is 0. The van der Waals surface area contributed by atoms with Crippen LogP contribution in [0.4, 0.5) is 0 Å². The van der Waals surface area contributed by atoms with Gasteiger partial charge in [0.15, 0.2) is 0 Å². The van der Waals surface area contributed by atoms with Gasteiger partial charge < -0.3 is 0 Å². The molecule has 86 valence electrons. The zero-order valence-corrected chi connectivity index (χ0v) is 11.5. The molecule has 0 nitrogen and oxygen atoms in total. The van der Waals surface area contributed by atoms with E-state index < -0.39 is 5.38 Å². The summed E-state index contributed by atoms with van der Waals surface area (Å²) in [6.07, 6.45) is 0. The molecule has 0 saturated carbocycles. The van der Waals surface area contributed by atoms with Crippen molar-refractivity contribution in [1.82, 2.24) is 0 Å². The number of alkyl halides is 1. The Hall–Kier alpha value is -0.400. The maximum Gasteiger partial charge on any atom is 0.0962 e. The van der Waals surface area contributed by atoms with Crippen LogP contribution >= 0.6 is 46.4 Å². The second-order valence-electron chi connectivity index (χ2n) is 3.89. The number of rotatable bonds is 0. The van der Waals surface area contributed by atoms with Crippen molar-refractivity contribution in [3.8, 4) is 0 Å². The summed E-state index contributed by atoms with van der Waals surface area (Å²) in [6, 6.07) is 9.69. The molecule has 0 bridgehead atoms. The van der Waals surface area contributed by atoms with Crippen LogP contribution in [0.1, 0.15) is 16.5 Å². The van der Waals surface area contributed by atoms with Gasteiger partial charge in [-0.05, 0) is 22.4 Å². The van der Waals surface area contributed by atoms with Crippen molar-refractivity contribution in [3.63, 3.8) is 0 Å². The zero-order valence-electron chi connectivity index (χ0n) is 8.48. The first-order chi connectivity index (χ1) is 8.11. The molecule has 2 aromatic rings. The topological polar surface area (TPSA) is 0 Å². The number of halogens is 4. The van der Waals surface area contributed by atoms with E-state index in [-0.39, 0.29) is 0 Å². The second-order valence-corrected chi connectivity index (χ2v) is 5.52. The molecule has 4 heteroatoms. The Morgan fingerprint density at radius 3 is 2.47 bits per heavy atom. The lowest BCUT2D eigenvalue weighted by Crippen LogP contribution is -2.02. The average Bonchev–Trinajstić information content (AvgIpc) is 2.34. The van der Waals surface area contributed by atoms with Gasteiger partial charge in [0.2, 0.25) is 0 Å². The summed E-state index contributed by atoms with van der Waals surface area (Å²) < 4.78 is 0. The van der Waals surface area contributed by atoms with Crippen LogP contribution in [0, 0.1) is 0 Å². The summed E-state index contributed by atoms with van der Waals surface area (Å²) in [7, 11) is 0. The van der Waals surface area contributed by atoms with Gasteiger partial charge in [-0.1, -0.05) is 59.1 Å². The van der Waals surface area contributed by atoms with Crippen molar-refractivity contribution in [2.24, 2.45) is 0 Å². The third kappa shape index (κ3) is 1.59. The molecule has 0 spiro atoms. The van der Waals surface area contributed by atoms with Crippen molar-refractivity contribution in [2.75, 3.05) is 0 Å². The van der Waals surface area contributed by atoms with Crippen LogP contribution in [0.2, 0.25) is 5.02 Å². The fraction of sp³-hybridized carbons (Fsp3) is 0.0769. The highest BCUT2D eigenvalue weighted by atomic mass is 35.5. The van der Waals surface area contributed by atoms with Crippen LogP contribution in [0.5, 0.6) is 0 Å². The summed E-state index contributed by atoms with van der Waals surface area (Å²) >= 11 is 24.9. The maximum absolute atomic E-state index is 6.29. The lowest BCUT2D eigenvalue weighted by molar-refractivity contribution is 1.20. The molecule has 1 unspecified atom stereocenters. The smallest absolute Gasteiger partial charge is 0.0962 e. The Labute approximate surface area is 119 Å². The molecule has 0 radical (unpaired) electrons. The molecule has 1 aliphatic rings.